The number of nitrogens with one attached hydrogen (secondary N) is 2. The molecule has 3 aromatic rings. The maximum absolute atomic E-state index is 12.9. The number of benzene rings is 1. The second-order valence-electron chi connectivity index (χ2n) is 7.23. The van der Waals surface area contributed by atoms with Crippen molar-refractivity contribution >= 4 is 39.8 Å². The van der Waals surface area contributed by atoms with Crippen LogP contribution in [0.2, 0.25) is 0 Å². The van der Waals surface area contributed by atoms with Gasteiger partial charge >= 0.3 is 5.97 Å². The number of aryl methyl sites for hydroxylation is 1. The molecular formula is C22H24N4O5S. The number of thiophene rings is 1. The van der Waals surface area contributed by atoms with Gasteiger partial charge in [0.2, 0.25) is 5.91 Å². The fraction of sp³-hybridized carbons (Fsp3) is 0.273. The Hall–Kier alpha value is -3.66. The molecule has 32 heavy (non-hydrogen) atoms. The van der Waals surface area contributed by atoms with E-state index in [1.54, 1.807) is 37.7 Å². The van der Waals surface area contributed by atoms with Gasteiger partial charge in [-0.3, -0.25) is 19.1 Å². The van der Waals surface area contributed by atoms with Gasteiger partial charge in [-0.1, -0.05) is 18.2 Å². The Bertz CT molecular complexity index is 1250. The van der Waals surface area contributed by atoms with Crippen LogP contribution in [0.5, 0.6) is 0 Å². The maximum Gasteiger partial charge on any atom is 0.341 e. The summed E-state index contributed by atoms with van der Waals surface area (Å²) in [5, 5.41) is 5.54. The maximum atomic E-state index is 12.9. The molecule has 10 heteroatoms. The molecule has 2 heterocycles. The number of hydrogen-bond acceptors (Lipinski definition) is 6. The molecule has 2 N–H and O–H groups in total. The van der Waals surface area contributed by atoms with E-state index in [4.69, 9.17) is 4.74 Å². The van der Waals surface area contributed by atoms with E-state index in [1.165, 1.54) is 22.9 Å². The van der Waals surface area contributed by atoms with Crippen LogP contribution in [0.4, 0.5) is 10.7 Å². The summed E-state index contributed by atoms with van der Waals surface area (Å²) in [5.41, 5.74) is 1.82. The molecule has 3 rings (SSSR count). The van der Waals surface area contributed by atoms with Crippen LogP contribution in [0, 0.1) is 20.8 Å². The third-order valence-corrected chi connectivity index (χ3v) is 6.15. The van der Waals surface area contributed by atoms with E-state index in [2.05, 4.69) is 10.6 Å². The molecule has 0 bridgehead atoms. The van der Waals surface area contributed by atoms with E-state index in [1.807, 2.05) is 25.1 Å². The average molecular weight is 457 g/mol. The highest BCUT2D eigenvalue weighted by Gasteiger charge is 2.23. The number of rotatable bonds is 6. The minimum absolute atomic E-state index is 0.110. The number of esters is 1. The highest BCUT2D eigenvalue weighted by Crippen LogP contribution is 2.33. The van der Waals surface area contributed by atoms with Crippen molar-refractivity contribution in [3.8, 4) is 5.69 Å². The number of para-hydroxylation sites is 1. The molecule has 0 saturated carbocycles. The van der Waals surface area contributed by atoms with Crippen LogP contribution < -0.4 is 16.2 Å². The lowest BCUT2D eigenvalue weighted by Crippen LogP contribution is -2.26. The molecule has 0 radical (unpaired) electrons. The lowest BCUT2D eigenvalue weighted by Gasteiger charge is -2.08. The standard InChI is InChI=1S/C22H24N4O5S/c1-12-14(3)32-20(23-15(4)27)18(12)22(30)31-11-17(28)24-19-13(2)25(5)26(21(19)29)16-9-7-6-8-10-16/h6-10H,11H2,1-5H3,(H,23,27)(H,24,28). The van der Waals surface area contributed by atoms with E-state index < -0.39 is 24.0 Å². The number of amides is 2. The van der Waals surface area contributed by atoms with Gasteiger partial charge in [-0.15, -0.1) is 11.3 Å². The SMILES string of the molecule is CC(=O)Nc1sc(C)c(C)c1C(=O)OCC(=O)Nc1c(C)n(C)n(-c2ccccc2)c1=O. The smallest absolute Gasteiger partial charge is 0.341 e. The zero-order valence-electron chi connectivity index (χ0n) is 18.4. The molecule has 1 aromatic carbocycles. The largest absolute Gasteiger partial charge is 0.452 e. The number of carbonyl (C=O) groups is 3. The van der Waals surface area contributed by atoms with Gasteiger partial charge in [0.05, 0.1) is 16.9 Å². The van der Waals surface area contributed by atoms with Crippen molar-refractivity contribution in [2.24, 2.45) is 7.05 Å². The Morgan fingerprint density at radius 3 is 2.34 bits per heavy atom. The quantitative estimate of drug-likeness (QED) is 0.554. The minimum Gasteiger partial charge on any atom is -0.452 e. The molecule has 2 amide bonds. The van der Waals surface area contributed by atoms with E-state index >= 15 is 0 Å². The van der Waals surface area contributed by atoms with Crippen molar-refractivity contribution in [2.75, 3.05) is 17.2 Å². The van der Waals surface area contributed by atoms with Crippen molar-refractivity contribution in [1.29, 1.82) is 0 Å². The summed E-state index contributed by atoms with van der Waals surface area (Å²) < 4.78 is 8.24. The fourth-order valence-corrected chi connectivity index (χ4v) is 4.31. The van der Waals surface area contributed by atoms with Gasteiger partial charge in [-0.05, 0) is 38.5 Å². The van der Waals surface area contributed by atoms with Crippen LogP contribution in [0.3, 0.4) is 0 Å². The second-order valence-corrected chi connectivity index (χ2v) is 8.45. The van der Waals surface area contributed by atoms with Crippen molar-refractivity contribution in [2.45, 2.75) is 27.7 Å². The zero-order valence-corrected chi connectivity index (χ0v) is 19.3. The van der Waals surface area contributed by atoms with Crippen LogP contribution >= 0.6 is 11.3 Å². The molecule has 0 fully saturated rings. The van der Waals surface area contributed by atoms with Crippen LogP contribution in [0.1, 0.15) is 33.4 Å². The summed E-state index contributed by atoms with van der Waals surface area (Å²) in [5.74, 6) is -1.68. The average Bonchev–Trinajstić information content (AvgIpc) is 3.13. The number of anilines is 2. The first-order valence-corrected chi connectivity index (χ1v) is 10.6. The fourth-order valence-electron chi connectivity index (χ4n) is 3.21. The lowest BCUT2D eigenvalue weighted by atomic mass is 10.1. The van der Waals surface area contributed by atoms with Crippen molar-refractivity contribution in [1.82, 2.24) is 9.36 Å². The molecule has 2 aromatic heterocycles. The third kappa shape index (κ3) is 4.50. The summed E-state index contributed by atoms with van der Waals surface area (Å²) >= 11 is 1.26. The molecule has 0 spiro atoms. The number of aromatic nitrogens is 2. The first-order valence-electron chi connectivity index (χ1n) is 9.80. The Balaban J connectivity index is 1.75. The topological polar surface area (TPSA) is 111 Å². The summed E-state index contributed by atoms with van der Waals surface area (Å²) in [6.45, 7) is 6.04. The number of nitrogens with zero attached hydrogens (tertiary/aromatic N) is 2. The Morgan fingerprint density at radius 1 is 1.06 bits per heavy atom. The monoisotopic (exact) mass is 456 g/mol. The molecule has 0 saturated heterocycles. The summed E-state index contributed by atoms with van der Waals surface area (Å²) in [7, 11) is 1.71. The van der Waals surface area contributed by atoms with Gasteiger partial charge in [0, 0.05) is 18.8 Å². The van der Waals surface area contributed by atoms with Crippen LogP contribution in [-0.2, 0) is 21.4 Å². The Kier molecular flexibility index (Phi) is 6.64. The van der Waals surface area contributed by atoms with E-state index in [9.17, 15) is 19.2 Å². The lowest BCUT2D eigenvalue weighted by molar-refractivity contribution is -0.119. The summed E-state index contributed by atoms with van der Waals surface area (Å²) in [4.78, 5) is 50.2. The van der Waals surface area contributed by atoms with Crippen LogP contribution in [0.15, 0.2) is 35.1 Å². The minimum atomic E-state index is -0.725. The normalized spacial score (nSPS) is 10.7. The van der Waals surface area contributed by atoms with Gasteiger partial charge in [0.15, 0.2) is 6.61 Å². The first kappa shape index (κ1) is 23.0. The molecule has 0 unspecified atom stereocenters. The predicted octanol–water partition coefficient (Wildman–Crippen LogP) is 2.92. The zero-order chi connectivity index (χ0) is 23.6. The highest BCUT2D eigenvalue weighted by molar-refractivity contribution is 7.16. The predicted molar refractivity (Wildman–Crippen MR) is 123 cm³/mol. The van der Waals surface area contributed by atoms with Gasteiger partial charge in [-0.2, -0.15) is 0 Å². The molecule has 0 aliphatic carbocycles. The Morgan fingerprint density at radius 2 is 1.72 bits per heavy atom. The molecule has 9 nitrogen and oxygen atoms in total. The molecule has 0 aliphatic heterocycles. The molecular weight excluding hydrogens is 432 g/mol. The Labute approximate surface area is 188 Å². The summed E-state index contributed by atoms with van der Waals surface area (Å²) in [6, 6.07) is 9.03. The van der Waals surface area contributed by atoms with Crippen molar-refractivity contribution < 1.29 is 19.1 Å². The molecule has 0 atom stereocenters. The third-order valence-electron chi connectivity index (χ3n) is 5.03. The van der Waals surface area contributed by atoms with Crippen molar-refractivity contribution in [3.63, 3.8) is 0 Å². The second kappa shape index (κ2) is 9.23. The number of carbonyl (C=O) groups excluding carboxylic acids is 3. The highest BCUT2D eigenvalue weighted by atomic mass is 32.1. The number of hydrogen-bond donors (Lipinski definition) is 2. The van der Waals surface area contributed by atoms with Crippen LogP contribution in [-0.4, -0.2) is 33.8 Å². The van der Waals surface area contributed by atoms with E-state index in [0.717, 1.165) is 4.88 Å². The van der Waals surface area contributed by atoms with Gasteiger partial charge < -0.3 is 15.4 Å². The van der Waals surface area contributed by atoms with Gasteiger partial charge in [0.25, 0.3) is 11.5 Å². The molecule has 168 valence electrons. The van der Waals surface area contributed by atoms with E-state index in [-0.39, 0.29) is 17.2 Å². The van der Waals surface area contributed by atoms with Gasteiger partial charge in [-0.25, -0.2) is 9.48 Å². The van der Waals surface area contributed by atoms with Crippen molar-refractivity contribution in [3.05, 3.63) is 62.4 Å². The summed E-state index contributed by atoms with van der Waals surface area (Å²) in [6.07, 6.45) is 0. The first-order chi connectivity index (χ1) is 15.1. The molecule has 0 aliphatic rings. The van der Waals surface area contributed by atoms with Gasteiger partial charge in [0.1, 0.15) is 10.7 Å². The number of ether oxygens (including phenoxy) is 1. The van der Waals surface area contributed by atoms with E-state index in [0.29, 0.717) is 21.9 Å². The van der Waals surface area contributed by atoms with Crippen LogP contribution in [0.25, 0.3) is 5.69 Å².